The van der Waals surface area contributed by atoms with Crippen LogP contribution in [0.4, 0.5) is 0 Å². The van der Waals surface area contributed by atoms with Crippen LogP contribution in [-0.2, 0) is 0 Å². The van der Waals surface area contributed by atoms with Crippen molar-refractivity contribution in [3.05, 3.63) is 0 Å². The Morgan fingerprint density at radius 3 is 2.67 bits per heavy atom. The molecule has 0 aromatic heterocycles. The standard InChI is InChI=1S/C9H18N2S/c1-7(2)9(10)11(3)8-4-5-12-6-8/h7-8,10H,4-6H2,1-3H3. The van der Waals surface area contributed by atoms with Gasteiger partial charge in [-0.05, 0) is 12.2 Å². The second-order valence-electron chi connectivity index (χ2n) is 3.67. The molecule has 1 rings (SSSR count). The highest BCUT2D eigenvalue weighted by atomic mass is 32.2. The van der Waals surface area contributed by atoms with E-state index in [-0.39, 0.29) is 0 Å². The number of rotatable bonds is 2. The Balaban J connectivity index is 2.45. The number of nitrogens with zero attached hydrogens (tertiary/aromatic N) is 1. The van der Waals surface area contributed by atoms with Gasteiger partial charge in [-0.25, -0.2) is 0 Å². The molecule has 0 aliphatic carbocycles. The molecule has 0 aromatic rings. The number of thioether (sulfide) groups is 1. The maximum Gasteiger partial charge on any atom is 0.0984 e. The van der Waals surface area contributed by atoms with Crippen molar-refractivity contribution in [1.29, 1.82) is 5.41 Å². The summed E-state index contributed by atoms with van der Waals surface area (Å²) in [5.74, 6) is 3.61. The van der Waals surface area contributed by atoms with Crippen molar-refractivity contribution in [3.63, 3.8) is 0 Å². The fraction of sp³-hybridized carbons (Fsp3) is 0.889. The van der Waals surface area contributed by atoms with Gasteiger partial charge in [-0.2, -0.15) is 11.8 Å². The van der Waals surface area contributed by atoms with Crippen molar-refractivity contribution in [3.8, 4) is 0 Å². The fourth-order valence-electron chi connectivity index (χ4n) is 1.43. The molecule has 1 unspecified atom stereocenters. The summed E-state index contributed by atoms with van der Waals surface area (Å²) in [4.78, 5) is 2.14. The van der Waals surface area contributed by atoms with Crippen LogP contribution in [0.15, 0.2) is 0 Å². The van der Waals surface area contributed by atoms with E-state index >= 15 is 0 Å². The van der Waals surface area contributed by atoms with Crippen LogP contribution in [0.1, 0.15) is 20.3 Å². The van der Waals surface area contributed by atoms with Gasteiger partial charge in [0.2, 0.25) is 0 Å². The molecular formula is C9H18N2S. The molecule has 1 aliphatic rings. The van der Waals surface area contributed by atoms with Crippen LogP contribution in [0.3, 0.4) is 0 Å². The third-order valence-corrected chi connectivity index (χ3v) is 3.53. The largest absolute Gasteiger partial charge is 0.360 e. The maximum absolute atomic E-state index is 7.83. The lowest BCUT2D eigenvalue weighted by molar-refractivity contribution is 0.378. The molecule has 12 heavy (non-hydrogen) atoms. The number of hydrogen-bond acceptors (Lipinski definition) is 2. The molecule has 1 N–H and O–H groups in total. The van der Waals surface area contributed by atoms with Gasteiger partial charge in [0, 0.05) is 24.8 Å². The van der Waals surface area contributed by atoms with E-state index in [0.29, 0.717) is 12.0 Å². The molecule has 2 nitrogen and oxygen atoms in total. The highest BCUT2D eigenvalue weighted by Gasteiger charge is 2.22. The van der Waals surface area contributed by atoms with Crippen LogP contribution in [0.25, 0.3) is 0 Å². The van der Waals surface area contributed by atoms with Crippen LogP contribution in [0.2, 0.25) is 0 Å². The normalized spacial score (nSPS) is 23.2. The molecule has 0 spiro atoms. The summed E-state index contributed by atoms with van der Waals surface area (Å²) in [6.45, 7) is 4.17. The smallest absolute Gasteiger partial charge is 0.0984 e. The third kappa shape index (κ3) is 2.16. The lowest BCUT2D eigenvalue weighted by Crippen LogP contribution is -2.38. The first-order valence-electron chi connectivity index (χ1n) is 4.52. The zero-order valence-electron chi connectivity index (χ0n) is 8.13. The lowest BCUT2D eigenvalue weighted by Gasteiger charge is -2.28. The average Bonchev–Trinajstić information content (AvgIpc) is 2.53. The van der Waals surface area contributed by atoms with Crippen molar-refractivity contribution in [2.24, 2.45) is 5.92 Å². The predicted octanol–water partition coefficient (Wildman–Crippen LogP) is 2.06. The first-order chi connectivity index (χ1) is 5.63. The molecule has 1 fully saturated rings. The molecule has 0 aromatic carbocycles. The van der Waals surface area contributed by atoms with Crippen LogP contribution >= 0.6 is 11.8 Å². The summed E-state index contributed by atoms with van der Waals surface area (Å²) >= 11 is 2.00. The van der Waals surface area contributed by atoms with Gasteiger partial charge in [0.1, 0.15) is 0 Å². The van der Waals surface area contributed by atoms with Gasteiger partial charge < -0.3 is 4.90 Å². The van der Waals surface area contributed by atoms with Crippen LogP contribution in [0.5, 0.6) is 0 Å². The van der Waals surface area contributed by atoms with Crippen LogP contribution in [0, 0.1) is 11.3 Å². The van der Waals surface area contributed by atoms with Crippen molar-refractivity contribution in [1.82, 2.24) is 4.90 Å². The van der Waals surface area contributed by atoms with E-state index < -0.39 is 0 Å². The molecule has 1 heterocycles. The molecular weight excluding hydrogens is 168 g/mol. The molecule has 1 atom stereocenters. The van der Waals surface area contributed by atoms with Crippen molar-refractivity contribution in [2.75, 3.05) is 18.6 Å². The van der Waals surface area contributed by atoms with Gasteiger partial charge >= 0.3 is 0 Å². The Morgan fingerprint density at radius 1 is 1.58 bits per heavy atom. The molecule has 70 valence electrons. The SMILES string of the molecule is CC(C)C(=N)N(C)C1CCSC1. The minimum Gasteiger partial charge on any atom is -0.360 e. The molecule has 3 heteroatoms. The van der Waals surface area contributed by atoms with E-state index in [9.17, 15) is 0 Å². The summed E-state index contributed by atoms with van der Waals surface area (Å²) in [6.07, 6.45) is 1.25. The van der Waals surface area contributed by atoms with Crippen molar-refractivity contribution >= 4 is 17.6 Å². The zero-order valence-corrected chi connectivity index (χ0v) is 8.95. The summed E-state index contributed by atoms with van der Waals surface area (Å²) in [5, 5.41) is 7.83. The minimum atomic E-state index is 0.362. The minimum absolute atomic E-state index is 0.362. The number of amidine groups is 1. The summed E-state index contributed by atoms with van der Waals surface area (Å²) in [7, 11) is 2.05. The topological polar surface area (TPSA) is 27.1 Å². The number of nitrogens with one attached hydrogen (secondary N) is 1. The molecule has 0 radical (unpaired) electrons. The summed E-state index contributed by atoms with van der Waals surface area (Å²) in [6, 6.07) is 0.616. The predicted molar refractivity (Wildman–Crippen MR) is 56.1 cm³/mol. The first-order valence-corrected chi connectivity index (χ1v) is 5.67. The highest BCUT2D eigenvalue weighted by Crippen LogP contribution is 2.22. The quantitative estimate of drug-likeness (QED) is 0.528. The second kappa shape index (κ2) is 4.17. The van der Waals surface area contributed by atoms with E-state index in [4.69, 9.17) is 5.41 Å². The van der Waals surface area contributed by atoms with E-state index in [1.54, 1.807) is 0 Å². The lowest BCUT2D eigenvalue weighted by atomic mass is 10.1. The Labute approximate surface area is 79.2 Å². The zero-order chi connectivity index (χ0) is 9.14. The summed E-state index contributed by atoms with van der Waals surface area (Å²) in [5.41, 5.74) is 0. The third-order valence-electron chi connectivity index (χ3n) is 2.38. The van der Waals surface area contributed by atoms with Crippen molar-refractivity contribution in [2.45, 2.75) is 26.3 Å². The first kappa shape index (κ1) is 9.90. The van der Waals surface area contributed by atoms with Gasteiger partial charge in [-0.15, -0.1) is 0 Å². The van der Waals surface area contributed by atoms with Crippen LogP contribution in [-0.4, -0.2) is 35.3 Å². The molecule has 0 amide bonds. The molecule has 0 bridgehead atoms. The molecule has 1 aliphatic heterocycles. The monoisotopic (exact) mass is 186 g/mol. The Kier molecular flexibility index (Phi) is 3.44. The second-order valence-corrected chi connectivity index (χ2v) is 4.82. The van der Waals surface area contributed by atoms with Gasteiger partial charge in [0.15, 0.2) is 0 Å². The highest BCUT2D eigenvalue weighted by molar-refractivity contribution is 7.99. The van der Waals surface area contributed by atoms with Gasteiger partial charge in [-0.1, -0.05) is 13.8 Å². The molecule has 0 saturated carbocycles. The van der Waals surface area contributed by atoms with Crippen molar-refractivity contribution < 1.29 is 0 Å². The van der Waals surface area contributed by atoms with Gasteiger partial charge in [-0.3, -0.25) is 5.41 Å². The fourth-order valence-corrected chi connectivity index (χ4v) is 2.70. The Morgan fingerprint density at radius 2 is 2.25 bits per heavy atom. The van der Waals surface area contributed by atoms with E-state index in [0.717, 1.165) is 5.84 Å². The van der Waals surface area contributed by atoms with Crippen LogP contribution < -0.4 is 0 Å². The van der Waals surface area contributed by atoms with Gasteiger partial charge in [0.25, 0.3) is 0 Å². The van der Waals surface area contributed by atoms with E-state index in [1.165, 1.54) is 17.9 Å². The average molecular weight is 186 g/mol. The summed E-state index contributed by atoms with van der Waals surface area (Å²) < 4.78 is 0. The maximum atomic E-state index is 7.83. The van der Waals surface area contributed by atoms with E-state index in [2.05, 4.69) is 25.8 Å². The van der Waals surface area contributed by atoms with E-state index in [1.807, 2.05) is 11.8 Å². The Hall–Kier alpha value is -0.180. The molecule has 1 saturated heterocycles. The Bertz CT molecular complexity index is 162. The number of hydrogen-bond donors (Lipinski definition) is 1. The van der Waals surface area contributed by atoms with Gasteiger partial charge in [0.05, 0.1) is 5.84 Å².